The molecule has 1 aliphatic heterocycles. The molecule has 0 aromatic rings. The van der Waals surface area contributed by atoms with Crippen LogP contribution in [-0.2, 0) is 9.53 Å². The number of carbonyl (C=O) groups is 1. The molecule has 1 fully saturated rings. The molecule has 0 saturated heterocycles. The Labute approximate surface area is 104 Å². The molecule has 2 rings (SSSR count). The zero-order valence-electron chi connectivity index (χ0n) is 11.3. The van der Waals surface area contributed by atoms with Gasteiger partial charge >= 0.3 is 5.97 Å². The molecule has 0 spiro atoms. The summed E-state index contributed by atoms with van der Waals surface area (Å²) < 4.78 is 5.47. The minimum absolute atomic E-state index is 0.0807. The van der Waals surface area contributed by atoms with E-state index < -0.39 is 0 Å². The van der Waals surface area contributed by atoms with Gasteiger partial charge in [0.25, 0.3) is 0 Å². The van der Waals surface area contributed by atoms with Crippen LogP contribution in [0.15, 0.2) is 11.1 Å². The molecule has 0 bridgehead atoms. The standard InChI is InChI=1S/C15H24O2/c1-4-5-6-8-15(3)9-7-12-11(2)14(16)17-13(12)10-15/h13H,4-10H2,1-3H3. The van der Waals surface area contributed by atoms with Crippen molar-refractivity contribution in [3.05, 3.63) is 11.1 Å². The first-order chi connectivity index (χ1) is 8.06. The topological polar surface area (TPSA) is 26.3 Å². The summed E-state index contributed by atoms with van der Waals surface area (Å²) in [4.78, 5) is 11.5. The Morgan fingerprint density at radius 2 is 2.18 bits per heavy atom. The van der Waals surface area contributed by atoms with E-state index in [0.717, 1.165) is 18.4 Å². The van der Waals surface area contributed by atoms with Crippen molar-refractivity contribution in [2.75, 3.05) is 0 Å². The maximum Gasteiger partial charge on any atom is 0.334 e. The summed E-state index contributed by atoms with van der Waals surface area (Å²) in [5.41, 5.74) is 2.54. The molecule has 0 amide bonds. The number of hydrogen-bond donors (Lipinski definition) is 0. The molecule has 2 nitrogen and oxygen atoms in total. The summed E-state index contributed by atoms with van der Waals surface area (Å²) >= 11 is 0. The lowest BCUT2D eigenvalue weighted by Gasteiger charge is -2.37. The summed E-state index contributed by atoms with van der Waals surface area (Å²) in [6.07, 6.45) is 8.60. The molecule has 0 aromatic heterocycles. The van der Waals surface area contributed by atoms with Gasteiger partial charge in [-0.15, -0.1) is 0 Å². The fourth-order valence-corrected chi connectivity index (χ4v) is 3.19. The molecular formula is C15H24O2. The van der Waals surface area contributed by atoms with Crippen molar-refractivity contribution in [1.29, 1.82) is 0 Å². The minimum Gasteiger partial charge on any atom is -0.454 e. The highest BCUT2D eigenvalue weighted by Crippen LogP contribution is 2.46. The van der Waals surface area contributed by atoms with Crippen molar-refractivity contribution in [3.63, 3.8) is 0 Å². The van der Waals surface area contributed by atoms with Crippen LogP contribution in [0.5, 0.6) is 0 Å². The van der Waals surface area contributed by atoms with Crippen molar-refractivity contribution in [2.45, 2.75) is 71.8 Å². The van der Waals surface area contributed by atoms with Crippen molar-refractivity contribution < 1.29 is 9.53 Å². The third kappa shape index (κ3) is 2.56. The fourth-order valence-electron chi connectivity index (χ4n) is 3.19. The van der Waals surface area contributed by atoms with E-state index in [1.165, 1.54) is 37.7 Å². The molecule has 1 heterocycles. The van der Waals surface area contributed by atoms with Crippen LogP contribution < -0.4 is 0 Å². The van der Waals surface area contributed by atoms with Crippen molar-refractivity contribution in [3.8, 4) is 0 Å². The predicted molar refractivity (Wildman–Crippen MR) is 68.7 cm³/mol. The minimum atomic E-state index is -0.0807. The molecule has 17 heavy (non-hydrogen) atoms. The number of unbranched alkanes of at least 4 members (excludes halogenated alkanes) is 2. The summed E-state index contributed by atoms with van der Waals surface area (Å²) in [5.74, 6) is -0.0807. The van der Waals surface area contributed by atoms with Gasteiger partial charge in [0.05, 0.1) is 0 Å². The molecular weight excluding hydrogens is 212 g/mol. The van der Waals surface area contributed by atoms with E-state index in [-0.39, 0.29) is 12.1 Å². The molecule has 1 saturated carbocycles. The Morgan fingerprint density at radius 1 is 1.41 bits per heavy atom. The van der Waals surface area contributed by atoms with E-state index in [1.807, 2.05) is 6.92 Å². The van der Waals surface area contributed by atoms with E-state index in [9.17, 15) is 4.79 Å². The quantitative estimate of drug-likeness (QED) is 0.545. The van der Waals surface area contributed by atoms with E-state index >= 15 is 0 Å². The number of carbonyl (C=O) groups excluding carboxylic acids is 1. The average Bonchev–Trinajstić information content (AvgIpc) is 2.54. The molecule has 96 valence electrons. The highest BCUT2D eigenvalue weighted by Gasteiger charge is 2.41. The SMILES string of the molecule is CCCCCC1(C)CCC2=C(C)C(=O)OC2C1. The van der Waals surface area contributed by atoms with E-state index in [2.05, 4.69) is 13.8 Å². The summed E-state index contributed by atoms with van der Waals surface area (Å²) in [5, 5.41) is 0. The van der Waals surface area contributed by atoms with Crippen LogP contribution in [0, 0.1) is 5.41 Å². The van der Waals surface area contributed by atoms with Crippen molar-refractivity contribution in [1.82, 2.24) is 0 Å². The highest BCUT2D eigenvalue weighted by atomic mass is 16.5. The lowest BCUT2D eigenvalue weighted by molar-refractivity contribution is -0.141. The summed E-state index contributed by atoms with van der Waals surface area (Å²) in [6.45, 7) is 6.52. The largest absolute Gasteiger partial charge is 0.454 e. The zero-order valence-corrected chi connectivity index (χ0v) is 11.3. The van der Waals surface area contributed by atoms with Gasteiger partial charge in [-0.2, -0.15) is 0 Å². The van der Waals surface area contributed by atoms with Crippen LogP contribution in [0.1, 0.15) is 65.7 Å². The highest BCUT2D eigenvalue weighted by molar-refractivity contribution is 5.91. The molecule has 1 aliphatic carbocycles. The Balaban J connectivity index is 1.97. The lowest BCUT2D eigenvalue weighted by atomic mass is 9.69. The molecule has 2 aliphatic rings. The van der Waals surface area contributed by atoms with Gasteiger partial charge in [-0.1, -0.05) is 33.1 Å². The van der Waals surface area contributed by atoms with E-state index in [1.54, 1.807) is 0 Å². The monoisotopic (exact) mass is 236 g/mol. The Kier molecular flexibility index (Phi) is 3.60. The Hall–Kier alpha value is -0.790. The first kappa shape index (κ1) is 12.7. The van der Waals surface area contributed by atoms with E-state index in [4.69, 9.17) is 4.74 Å². The molecule has 2 unspecified atom stereocenters. The second kappa shape index (κ2) is 4.83. The number of esters is 1. The Bertz CT molecular complexity index is 343. The summed E-state index contributed by atoms with van der Waals surface area (Å²) in [7, 11) is 0. The number of fused-ring (bicyclic) bond motifs is 1. The van der Waals surface area contributed by atoms with Crippen molar-refractivity contribution in [2.24, 2.45) is 5.41 Å². The smallest absolute Gasteiger partial charge is 0.334 e. The van der Waals surface area contributed by atoms with Crippen LogP contribution in [0.4, 0.5) is 0 Å². The maximum absolute atomic E-state index is 11.5. The van der Waals surface area contributed by atoms with Crippen LogP contribution in [-0.4, -0.2) is 12.1 Å². The molecule has 0 N–H and O–H groups in total. The van der Waals surface area contributed by atoms with Gasteiger partial charge in [0, 0.05) is 5.57 Å². The third-order valence-electron chi connectivity index (χ3n) is 4.49. The first-order valence-electron chi connectivity index (χ1n) is 6.96. The van der Waals surface area contributed by atoms with Gasteiger partial charge in [-0.05, 0) is 43.6 Å². The van der Waals surface area contributed by atoms with Gasteiger partial charge in [-0.3, -0.25) is 0 Å². The zero-order chi connectivity index (χ0) is 12.5. The van der Waals surface area contributed by atoms with Crippen molar-refractivity contribution >= 4 is 5.97 Å². The van der Waals surface area contributed by atoms with Crippen LogP contribution in [0.2, 0.25) is 0 Å². The number of hydrogen-bond acceptors (Lipinski definition) is 2. The number of rotatable bonds is 4. The summed E-state index contributed by atoms with van der Waals surface area (Å²) in [6, 6.07) is 0. The molecule has 2 heteroatoms. The van der Waals surface area contributed by atoms with Gasteiger partial charge in [-0.25, -0.2) is 4.79 Å². The Morgan fingerprint density at radius 3 is 2.88 bits per heavy atom. The lowest BCUT2D eigenvalue weighted by Crippen LogP contribution is -2.30. The van der Waals surface area contributed by atoms with Gasteiger partial charge in [0.2, 0.25) is 0 Å². The van der Waals surface area contributed by atoms with Gasteiger partial charge in [0.1, 0.15) is 6.10 Å². The number of ether oxygens (including phenoxy) is 1. The second-order valence-corrected chi connectivity index (χ2v) is 6.02. The van der Waals surface area contributed by atoms with E-state index in [0.29, 0.717) is 5.41 Å². The maximum atomic E-state index is 11.5. The molecule has 2 atom stereocenters. The molecule has 0 aromatic carbocycles. The normalized spacial score (nSPS) is 32.6. The first-order valence-corrected chi connectivity index (χ1v) is 6.96. The average molecular weight is 236 g/mol. The van der Waals surface area contributed by atoms with Crippen LogP contribution in [0.3, 0.4) is 0 Å². The van der Waals surface area contributed by atoms with Gasteiger partial charge in [0.15, 0.2) is 0 Å². The molecule has 0 radical (unpaired) electrons. The predicted octanol–water partition coefficient (Wildman–Crippen LogP) is 4.00. The van der Waals surface area contributed by atoms with Crippen LogP contribution >= 0.6 is 0 Å². The van der Waals surface area contributed by atoms with Gasteiger partial charge < -0.3 is 4.74 Å². The third-order valence-corrected chi connectivity index (χ3v) is 4.49. The fraction of sp³-hybridized carbons (Fsp3) is 0.800. The second-order valence-electron chi connectivity index (χ2n) is 6.02. The van der Waals surface area contributed by atoms with Crippen LogP contribution in [0.25, 0.3) is 0 Å².